The number of carbonyl (C=O) groups excluding carboxylic acids is 4. The van der Waals surface area contributed by atoms with Crippen LogP contribution in [0.15, 0.2) is 61.7 Å². The summed E-state index contributed by atoms with van der Waals surface area (Å²) in [6.07, 6.45) is 4.72. The van der Waals surface area contributed by atoms with E-state index in [1.54, 1.807) is 0 Å². The van der Waals surface area contributed by atoms with E-state index in [0.717, 1.165) is 19.3 Å². The number of carbonyl (C=O) groups is 4. The second kappa shape index (κ2) is 16.1. The van der Waals surface area contributed by atoms with Gasteiger partial charge in [-0.3, -0.25) is 14.4 Å². The number of fused-ring (bicyclic) bond motifs is 1. The van der Waals surface area contributed by atoms with Gasteiger partial charge in [0.2, 0.25) is 5.91 Å². The molecule has 186 valence electrons. The summed E-state index contributed by atoms with van der Waals surface area (Å²) < 4.78 is 13.8. The first kappa shape index (κ1) is 28.4. The van der Waals surface area contributed by atoms with Crippen LogP contribution < -0.4 is 11.1 Å². The van der Waals surface area contributed by atoms with Gasteiger partial charge in [0.1, 0.15) is 19.8 Å². The first-order valence-corrected chi connectivity index (χ1v) is 11.0. The van der Waals surface area contributed by atoms with Gasteiger partial charge < -0.3 is 25.3 Å². The predicted octanol–water partition coefficient (Wildman–Crippen LogP) is 2.62. The highest BCUT2D eigenvalue weighted by atomic mass is 16.5. The van der Waals surface area contributed by atoms with Crippen LogP contribution in [-0.4, -0.2) is 50.8 Å². The van der Waals surface area contributed by atoms with Crippen LogP contribution in [0.1, 0.15) is 19.3 Å². The molecule has 0 heterocycles. The van der Waals surface area contributed by atoms with Gasteiger partial charge in [-0.05, 0) is 31.1 Å². The molecule has 2 saturated carbocycles. The van der Waals surface area contributed by atoms with Gasteiger partial charge in [0, 0.05) is 5.92 Å². The van der Waals surface area contributed by atoms with E-state index >= 15 is 0 Å². The standard InChI is InChI=1S/C15H21NO5.C6H6.C4H7NO2/c1-3-6-21-15(19)11-7-9-4-5-10(13(9)11)14(18)16-8-12(17)20-2;1-2-4-6-5-3-1;1-2-3-7-4(5)6/h3,9-11,13H,1,4-8H2,2H3,(H,16,18);1-6H;2H,1,3H2,(H2,5,6). The molecule has 4 atom stereocenters. The maximum Gasteiger partial charge on any atom is 0.404 e. The second-order valence-electron chi connectivity index (χ2n) is 7.65. The average Bonchev–Trinajstić information content (AvgIpc) is 3.17. The molecule has 3 rings (SSSR count). The zero-order valence-corrected chi connectivity index (χ0v) is 19.5. The SMILES string of the molecule is C=CCOC(=O)C1CC2CCC(C(=O)NCC(=O)OC)C21.C=CCOC(N)=O.c1ccccc1. The minimum Gasteiger partial charge on any atom is -0.468 e. The second-order valence-corrected chi connectivity index (χ2v) is 7.65. The number of esters is 2. The van der Waals surface area contributed by atoms with Gasteiger partial charge in [-0.2, -0.15) is 0 Å². The minimum absolute atomic E-state index is 0.0416. The molecule has 1 aromatic rings. The lowest BCUT2D eigenvalue weighted by atomic mass is 9.63. The molecule has 1 aromatic carbocycles. The third-order valence-corrected chi connectivity index (χ3v) is 5.51. The highest BCUT2D eigenvalue weighted by Crippen LogP contribution is 2.54. The summed E-state index contributed by atoms with van der Waals surface area (Å²) in [4.78, 5) is 44.9. The van der Waals surface area contributed by atoms with Crippen molar-refractivity contribution in [3.8, 4) is 0 Å². The van der Waals surface area contributed by atoms with Crippen LogP contribution in [0.3, 0.4) is 0 Å². The Bertz CT molecular complexity index is 786. The molecule has 0 radical (unpaired) electrons. The summed E-state index contributed by atoms with van der Waals surface area (Å²) in [6.45, 7) is 7.07. The molecule has 2 fully saturated rings. The molecule has 0 aliphatic heterocycles. The van der Waals surface area contributed by atoms with Gasteiger partial charge in [0.25, 0.3) is 0 Å². The molecule has 2 aliphatic carbocycles. The van der Waals surface area contributed by atoms with E-state index in [1.165, 1.54) is 19.3 Å². The van der Waals surface area contributed by atoms with Crippen LogP contribution in [0.2, 0.25) is 0 Å². The Morgan fingerprint density at radius 1 is 0.941 bits per heavy atom. The molecular formula is C25H34N2O7. The highest BCUT2D eigenvalue weighted by molar-refractivity contribution is 5.85. The van der Waals surface area contributed by atoms with Gasteiger partial charge in [-0.25, -0.2) is 4.79 Å². The van der Waals surface area contributed by atoms with Crippen molar-refractivity contribution in [3.63, 3.8) is 0 Å². The smallest absolute Gasteiger partial charge is 0.404 e. The first-order valence-electron chi connectivity index (χ1n) is 11.0. The topological polar surface area (TPSA) is 134 Å². The zero-order valence-electron chi connectivity index (χ0n) is 19.5. The average molecular weight is 475 g/mol. The van der Waals surface area contributed by atoms with Crippen LogP contribution in [0.25, 0.3) is 0 Å². The van der Waals surface area contributed by atoms with E-state index in [-0.39, 0.29) is 49.4 Å². The van der Waals surface area contributed by atoms with E-state index in [0.29, 0.717) is 5.92 Å². The lowest BCUT2D eigenvalue weighted by molar-refractivity contribution is -0.158. The lowest BCUT2D eigenvalue weighted by Gasteiger charge is -2.41. The summed E-state index contributed by atoms with van der Waals surface area (Å²) in [5, 5.41) is 2.58. The molecule has 0 spiro atoms. The van der Waals surface area contributed by atoms with Gasteiger partial charge in [-0.1, -0.05) is 61.7 Å². The van der Waals surface area contributed by atoms with Crippen molar-refractivity contribution in [2.24, 2.45) is 29.4 Å². The first-order chi connectivity index (χ1) is 16.3. The summed E-state index contributed by atoms with van der Waals surface area (Å²) in [5.74, 6) is -0.854. The number of hydrogen-bond donors (Lipinski definition) is 2. The van der Waals surface area contributed by atoms with Crippen LogP contribution >= 0.6 is 0 Å². The Morgan fingerprint density at radius 3 is 1.97 bits per heavy atom. The maximum absolute atomic E-state index is 12.2. The number of primary amides is 1. The van der Waals surface area contributed by atoms with Gasteiger partial charge in [0.15, 0.2) is 0 Å². The van der Waals surface area contributed by atoms with Crippen molar-refractivity contribution < 1.29 is 33.4 Å². The molecule has 34 heavy (non-hydrogen) atoms. The normalized spacial score (nSPS) is 21.3. The predicted molar refractivity (Wildman–Crippen MR) is 126 cm³/mol. The molecule has 0 bridgehead atoms. The fraction of sp³-hybridized carbons (Fsp3) is 0.440. The van der Waals surface area contributed by atoms with Crippen LogP contribution in [0, 0.1) is 23.7 Å². The number of nitrogens with one attached hydrogen (secondary N) is 1. The molecule has 4 unspecified atom stereocenters. The Balaban J connectivity index is 0.000000362. The number of nitrogens with two attached hydrogens (primary N) is 1. The number of methoxy groups -OCH3 is 1. The summed E-state index contributed by atoms with van der Waals surface area (Å²) in [7, 11) is 1.28. The monoisotopic (exact) mass is 474 g/mol. The summed E-state index contributed by atoms with van der Waals surface area (Å²) in [6, 6.07) is 12.0. The minimum atomic E-state index is -0.764. The summed E-state index contributed by atoms with van der Waals surface area (Å²) >= 11 is 0. The molecule has 9 nitrogen and oxygen atoms in total. The third kappa shape index (κ3) is 9.89. The van der Waals surface area contributed by atoms with Gasteiger partial charge >= 0.3 is 18.0 Å². The Labute approximate surface area is 200 Å². The zero-order chi connectivity index (χ0) is 25.3. The number of hydrogen-bond acceptors (Lipinski definition) is 7. The van der Waals surface area contributed by atoms with Crippen LogP contribution in [0.5, 0.6) is 0 Å². The molecule has 0 saturated heterocycles. The fourth-order valence-electron chi connectivity index (χ4n) is 3.97. The molecule has 3 N–H and O–H groups in total. The van der Waals surface area contributed by atoms with E-state index < -0.39 is 12.1 Å². The molecule has 2 amide bonds. The Hall–Kier alpha value is -3.62. The number of amides is 2. The van der Waals surface area contributed by atoms with Crippen molar-refractivity contribution in [2.75, 3.05) is 26.9 Å². The Morgan fingerprint density at radius 2 is 1.50 bits per heavy atom. The molecule has 0 aromatic heterocycles. The number of benzene rings is 1. The van der Waals surface area contributed by atoms with E-state index in [1.807, 2.05) is 36.4 Å². The van der Waals surface area contributed by atoms with Gasteiger partial charge in [-0.15, -0.1) is 0 Å². The number of ether oxygens (including phenoxy) is 3. The van der Waals surface area contributed by atoms with Crippen LogP contribution in [0.4, 0.5) is 4.79 Å². The quantitative estimate of drug-likeness (QED) is 0.336. The third-order valence-electron chi connectivity index (χ3n) is 5.51. The van der Waals surface area contributed by atoms with Crippen molar-refractivity contribution in [3.05, 3.63) is 61.7 Å². The maximum atomic E-state index is 12.2. The van der Waals surface area contributed by atoms with Gasteiger partial charge in [0.05, 0.1) is 13.0 Å². The van der Waals surface area contributed by atoms with Crippen molar-refractivity contribution in [1.82, 2.24) is 5.32 Å². The van der Waals surface area contributed by atoms with Crippen molar-refractivity contribution in [2.45, 2.75) is 19.3 Å². The number of rotatable bonds is 8. The van der Waals surface area contributed by atoms with Crippen molar-refractivity contribution in [1.29, 1.82) is 0 Å². The van der Waals surface area contributed by atoms with E-state index in [9.17, 15) is 19.2 Å². The molecule has 2 aliphatic rings. The molecule has 9 heteroatoms. The lowest BCUT2D eigenvalue weighted by Crippen LogP contribution is -2.47. The summed E-state index contributed by atoms with van der Waals surface area (Å²) in [5.41, 5.74) is 4.57. The Kier molecular flexibility index (Phi) is 13.4. The van der Waals surface area contributed by atoms with Crippen molar-refractivity contribution >= 4 is 23.9 Å². The van der Waals surface area contributed by atoms with Crippen LogP contribution in [-0.2, 0) is 28.6 Å². The highest BCUT2D eigenvalue weighted by Gasteiger charge is 2.55. The van der Waals surface area contributed by atoms with E-state index in [2.05, 4.69) is 33.7 Å². The van der Waals surface area contributed by atoms with E-state index in [4.69, 9.17) is 4.74 Å². The fourth-order valence-corrected chi connectivity index (χ4v) is 3.97. The largest absolute Gasteiger partial charge is 0.468 e. The molecular weight excluding hydrogens is 440 g/mol.